The molecule has 2 rings (SSSR count). The van der Waals surface area contributed by atoms with Gasteiger partial charge in [-0.1, -0.05) is 6.42 Å². The number of methoxy groups -OCH3 is 2. The van der Waals surface area contributed by atoms with Crippen molar-refractivity contribution in [3.63, 3.8) is 0 Å². The fourth-order valence-corrected chi connectivity index (χ4v) is 3.01. The summed E-state index contributed by atoms with van der Waals surface area (Å²) in [6.45, 7) is 5.34. The van der Waals surface area contributed by atoms with Crippen molar-refractivity contribution in [3.8, 4) is 11.5 Å². The molecule has 0 saturated carbocycles. The molecule has 1 aromatic rings. The van der Waals surface area contributed by atoms with Crippen LogP contribution in [0.25, 0.3) is 0 Å². The predicted octanol–water partition coefficient (Wildman–Crippen LogP) is 3.01. The van der Waals surface area contributed by atoms with E-state index in [9.17, 15) is 0 Å². The van der Waals surface area contributed by atoms with Crippen LogP contribution in [0.4, 0.5) is 0 Å². The van der Waals surface area contributed by atoms with Crippen LogP contribution in [0.2, 0.25) is 0 Å². The van der Waals surface area contributed by atoms with Gasteiger partial charge in [0.1, 0.15) is 11.5 Å². The maximum atomic E-state index is 5.61. The Morgan fingerprint density at radius 1 is 1.21 bits per heavy atom. The predicted molar refractivity (Wildman–Crippen MR) is 78.4 cm³/mol. The van der Waals surface area contributed by atoms with Gasteiger partial charge in [0.15, 0.2) is 0 Å². The smallest absolute Gasteiger partial charge is 0.125 e. The first kappa shape index (κ1) is 14.2. The van der Waals surface area contributed by atoms with Gasteiger partial charge >= 0.3 is 0 Å². The third kappa shape index (κ3) is 3.03. The van der Waals surface area contributed by atoms with E-state index in [0.717, 1.165) is 30.0 Å². The highest BCUT2D eigenvalue weighted by molar-refractivity contribution is 5.53. The number of nitrogens with one attached hydrogen (secondary N) is 1. The highest BCUT2D eigenvalue weighted by Crippen LogP contribution is 2.34. The Morgan fingerprint density at radius 3 is 2.58 bits per heavy atom. The molecule has 0 bridgehead atoms. The molecule has 19 heavy (non-hydrogen) atoms. The molecule has 0 amide bonds. The molecule has 1 aliphatic rings. The number of rotatable bonds is 4. The molecule has 1 aromatic carbocycles. The van der Waals surface area contributed by atoms with E-state index in [1.54, 1.807) is 14.2 Å². The van der Waals surface area contributed by atoms with Crippen LogP contribution in [-0.2, 0) is 6.42 Å². The second kappa shape index (κ2) is 6.29. The largest absolute Gasteiger partial charge is 0.496 e. The van der Waals surface area contributed by atoms with Gasteiger partial charge in [0.05, 0.1) is 14.2 Å². The molecule has 0 radical (unpaired) electrons. The van der Waals surface area contributed by atoms with Crippen molar-refractivity contribution >= 4 is 0 Å². The van der Waals surface area contributed by atoms with Crippen LogP contribution < -0.4 is 14.8 Å². The maximum Gasteiger partial charge on any atom is 0.125 e. The van der Waals surface area contributed by atoms with Crippen molar-refractivity contribution in [1.82, 2.24) is 5.32 Å². The number of benzene rings is 1. The SMILES string of the molecule is COc1cc(C)c(OC)c(CC2CCCCN2)c1C. The third-order valence-corrected chi connectivity index (χ3v) is 4.09. The number of hydrogen-bond acceptors (Lipinski definition) is 3. The van der Waals surface area contributed by atoms with Crippen LogP contribution in [0.5, 0.6) is 11.5 Å². The van der Waals surface area contributed by atoms with Gasteiger partial charge in [-0.15, -0.1) is 0 Å². The standard InChI is InChI=1S/C16H25NO2/c1-11-9-15(18-3)12(2)14(16(11)19-4)10-13-7-5-6-8-17-13/h9,13,17H,5-8,10H2,1-4H3. The van der Waals surface area contributed by atoms with Crippen molar-refractivity contribution in [2.24, 2.45) is 0 Å². The number of ether oxygens (including phenoxy) is 2. The monoisotopic (exact) mass is 263 g/mol. The maximum absolute atomic E-state index is 5.61. The first-order chi connectivity index (χ1) is 9.17. The van der Waals surface area contributed by atoms with Crippen molar-refractivity contribution in [1.29, 1.82) is 0 Å². The molecule has 1 saturated heterocycles. The van der Waals surface area contributed by atoms with Gasteiger partial charge in [-0.2, -0.15) is 0 Å². The summed E-state index contributed by atoms with van der Waals surface area (Å²) < 4.78 is 11.1. The lowest BCUT2D eigenvalue weighted by Crippen LogP contribution is -2.35. The van der Waals surface area contributed by atoms with E-state index in [1.165, 1.54) is 30.4 Å². The number of piperidine rings is 1. The van der Waals surface area contributed by atoms with Crippen LogP contribution in [-0.4, -0.2) is 26.8 Å². The molecule has 106 valence electrons. The van der Waals surface area contributed by atoms with E-state index in [1.807, 2.05) is 0 Å². The summed E-state index contributed by atoms with van der Waals surface area (Å²) in [7, 11) is 3.49. The van der Waals surface area contributed by atoms with Crippen molar-refractivity contribution < 1.29 is 9.47 Å². The van der Waals surface area contributed by atoms with Gasteiger partial charge in [0, 0.05) is 11.6 Å². The summed E-state index contributed by atoms with van der Waals surface area (Å²) in [5.41, 5.74) is 3.65. The van der Waals surface area contributed by atoms with Crippen LogP contribution in [0.3, 0.4) is 0 Å². The molecule has 1 aliphatic heterocycles. The summed E-state index contributed by atoms with van der Waals surface area (Å²) in [5, 5.41) is 3.61. The zero-order valence-corrected chi connectivity index (χ0v) is 12.5. The highest BCUT2D eigenvalue weighted by Gasteiger charge is 2.20. The minimum absolute atomic E-state index is 0.563. The molecule has 1 N–H and O–H groups in total. The molecule has 3 nitrogen and oxygen atoms in total. The van der Waals surface area contributed by atoms with Crippen LogP contribution >= 0.6 is 0 Å². The highest BCUT2D eigenvalue weighted by atomic mass is 16.5. The zero-order chi connectivity index (χ0) is 13.8. The molecule has 1 atom stereocenters. The van der Waals surface area contributed by atoms with Crippen LogP contribution in [0.15, 0.2) is 6.07 Å². The second-order valence-corrected chi connectivity index (χ2v) is 5.38. The molecule has 1 unspecified atom stereocenters. The van der Waals surface area contributed by atoms with E-state index in [2.05, 4.69) is 25.2 Å². The van der Waals surface area contributed by atoms with Gasteiger partial charge in [0.2, 0.25) is 0 Å². The Kier molecular flexibility index (Phi) is 4.70. The van der Waals surface area contributed by atoms with Gasteiger partial charge in [0.25, 0.3) is 0 Å². The normalized spacial score (nSPS) is 19.3. The van der Waals surface area contributed by atoms with E-state index in [0.29, 0.717) is 6.04 Å². The minimum atomic E-state index is 0.563. The Labute approximate surface area is 116 Å². The van der Waals surface area contributed by atoms with Crippen molar-refractivity contribution in [2.45, 2.75) is 45.6 Å². The second-order valence-electron chi connectivity index (χ2n) is 5.38. The van der Waals surface area contributed by atoms with E-state index in [-0.39, 0.29) is 0 Å². The average Bonchev–Trinajstić information content (AvgIpc) is 2.44. The van der Waals surface area contributed by atoms with E-state index >= 15 is 0 Å². The number of hydrogen-bond donors (Lipinski definition) is 1. The summed E-state index contributed by atoms with van der Waals surface area (Å²) in [6.07, 6.45) is 4.89. The van der Waals surface area contributed by atoms with Crippen molar-refractivity contribution in [3.05, 3.63) is 22.8 Å². The molecule has 0 aliphatic carbocycles. The topological polar surface area (TPSA) is 30.5 Å². The third-order valence-electron chi connectivity index (χ3n) is 4.09. The molecule has 3 heteroatoms. The zero-order valence-electron chi connectivity index (χ0n) is 12.5. The minimum Gasteiger partial charge on any atom is -0.496 e. The quantitative estimate of drug-likeness (QED) is 0.906. The van der Waals surface area contributed by atoms with E-state index in [4.69, 9.17) is 9.47 Å². The molecular weight excluding hydrogens is 238 g/mol. The van der Waals surface area contributed by atoms with Crippen LogP contribution in [0, 0.1) is 13.8 Å². The lowest BCUT2D eigenvalue weighted by Gasteiger charge is -2.26. The number of aryl methyl sites for hydroxylation is 1. The summed E-state index contributed by atoms with van der Waals surface area (Å²) >= 11 is 0. The fourth-order valence-electron chi connectivity index (χ4n) is 3.01. The van der Waals surface area contributed by atoms with Gasteiger partial charge in [-0.05, 0) is 56.8 Å². The van der Waals surface area contributed by atoms with Gasteiger partial charge < -0.3 is 14.8 Å². The molecule has 1 heterocycles. The average molecular weight is 263 g/mol. The summed E-state index contributed by atoms with van der Waals surface area (Å²) in [6, 6.07) is 2.62. The first-order valence-electron chi connectivity index (χ1n) is 7.11. The molecule has 0 spiro atoms. The lowest BCUT2D eigenvalue weighted by molar-refractivity contribution is 0.373. The summed E-state index contributed by atoms with van der Waals surface area (Å²) in [4.78, 5) is 0. The molecule has 1 fully saturated rings. The van der Waals surface area contributed by atoms with E-state index < -0.39 is 0 Å². The van der Waals surface area contributed by atoms with Gasteiger partial charge in [-0.25, -0.2) is 0 Å². The Bertz CT molecular complexity index is 437. The summed E-state index contributed by atoms with van der Waals surface area (Å²) in [5.74, 6) is 1.98. The first-order valence-corrected chi connectivity index (χ1v) is 7.11. The van der Waals surface area contributed by atoms with Crippen LogP contribution in [0.1, 0.15) is 36.0 Å². The molecular formula is C16H25NO2. The Hall–Kier alpha value is -1.22. The molecule has 0 aromatic heterocycles. The Balaban J connectivity index is 2.32. The van der Waals surface area contributed by atoms with Gasteiger partial charge in [-0.3, -0.25) is 0 Å². The Morgan fingerprint density at radius 2 is 2.00 bits per heavy atom. The lowest BCUT2D eigenvalue weighted by atomic mass is 9.92. The van der Waals surface area contributed by atoms with Crippen molar-refractivity contribution in [2.75, 3.05) is 20.8 Å². The fraction of sp³-hybridized carbons (Fsp3) is 0.625.